The maximum Gasteiger partial charge on any atom is 0.227 e. The molecule has 2 aliphatic heterocycles. The molecule has 3 rings (SSSR count). The number of piperazine rings is 1. The first-order chi connectivity index (χ1) is 13.5. The molecule has 2 fully saturated rings. The molecule has 1 aromatic rings. The van der Waals surface area contributed by atoms with Gasteiger partial charge < -0.3 is 4.90 Å². The summed E-state index contributed by atoms with van der Waals surface area (Å²) in [5.74, 6) is 0.0263. The number of nitrogens with zero attached hydrogens (tertiary/aromatic N) is 3. The van der Waals surface area contributed by atoms with Crippen molar-refractivity contribution < 1.29 is 13.2 Å². The number of piperidine rings is 1. The van der Waals surface area contributed by atoms with E-state index in [-0.39, 0.29) is 17.6 Å². The SMILES string of the molecule is CCS(=O)(=O)N1CCC[C@@H](C(=O)N2CCN(C/C=C/c3ccccc3)CC2)C1. The maximum absolute atomic E-state index is 12.9. The molecule has 0 aromatic heterocycles. The second-order valence-corrected chi connectivity index (χ2v) is 9.79. The van der Waals surface area contributed by atoms with E-state index in [1.54, 1.807) is 6.92 Å². The zero-order valence-corrected chi connectivity index (χ0v) is 17.5. The highest BCUT2D eigenvalue weighted by Crippen LogP contribution is 2.22. The van der Waals surface area contributed by atoms with Crippen LogP contribution in [0.5, 0.6) is 0 Å². The van der Waals surface area contributed by atoms with E-state index < -0.39 is 10.0 Å². The Kier molecular flexibility index (Phi) is 7.26. The Morgan fingerprint density at radius 2 is 1.82 bits per heavy atom. The molecule has 2 saturated heterocycles. The van der Waals surface area contributed by atoms with Gasteiger partial charge in [-0.25, -0.2) is 12.7 Å². The van der Waals surface area contributed by atoms with E-state index in [1.807, 2.05) is 23.1 Å². The molecule has 154 valence electrons. The van der Waals surface area contributed by atoms with E-state index >= 15 is 0 Å². The molecule has 2 aliphatic rings. The van der Waals surface area contributed by atoms with Gasteiger partial charge in [-0.3, -0.25) is 9.69 Å². The van der Waals surface area contributed by atoms with Crippen molar-refractivity contribution in [1.29, 1.82) is 0 Å². The van der Waals surface area contributed by atoms with Gasteiger partial charge in [0.25, 0.3) is 0 Å². The van der Waals surface area contributed by atoms with E-state index in [4.69, 9.17) is 0 Å². The summed E-state index contributed by atoms with van der Waals surface area (Å²) in [7, 11) is -3.21. The lowest BCUT2D eigenvalue weighted by atomic mass is 9.98. The Bertz CT molecular complexity index is 771. The van der Waals surface area contributed by atoms with Crippen molar-refractivity contribution in [2.75, 3.05) is 51.6 Å². The Hall–Kier alpha value is -1.70. The Morgan fingerprint density at radius 1 is 1.11 bits per heavy atom. The second-order valence-electron chi connectivity index (χ2n) is 7.54. The second kappa shape index (κ2) is 9.67. The molecule has 0 spiro atoms. The van der Waals surface area contributed by atoms with Crippen LogP contribution in [0.4, 0.5) is 0 Å². The standard InChI is InChI=1S/C21H31N3O3S/c1-2-28(26,27)24-13-7-11-20(18-24)21(25)23-16-14-22(15-17-23)12-6-10-19-8-4-3-5-9-19/h3-6,8-10,20H,2,7,11-18H2,1H3/b10-6+/t20-/m1/s1. The molecule has 0 radical (unpaired) electrons. The average Bonchev–Trinajstić information content (AvgIpc) is 2.74. The fourth-order valence-corrected chi connectivity index (χ4v) is 5.07. The molecule has 1 atom stereocenters. The minimum atomic E-state index is -3.21. The van der Waals surface area contributed by atoms with Crippen LogP contribution in [-0.4, -0.2) is 80.0 Å². The van der Waals surface area contributed by atoms with Crippen LogP contribution >= 0.6 is 0 Å². The molecule has 0 unspecified atom stereocenters. The van der Waals surface area contributed by atoms with Gasteiger partial charge in [0.05, 0.1) is 11.7 Å². The van der Waals surface area contributed by atoms with Crippen LogP contribution in [0, 0.1) is 5.92 Å². The van der Waals surface area contributed by atoms with Gasteiger partial charge in [0, 0.05) is 45.8 Å². The minimum Gasteiger partial charge on any atom is -0.340 e. The molecule has 1 amide bonds. The van der Waals surface area contributed by atoms with Gasteiger partial charge in [-0.05, 0) is 25.3 Å². The zero-order valence-electron chi connectivity index (χ0n) is 16.7. The van der Waals surface area contributed by atoms with E-state index in [1.165, 1.54) is 9.87 Å². The van der Waals surface area contributed by atoms with Crippen molar-refractivity contribution >= 4 is 22.0 Å². The first kappa shape index (κ1) is 21.0. The molecular weight excluding hydrogens is 374 g/mol. The number of sulfonamides is 1. The Morgan fingerprint density at radius 3 is 2.50 bits per heavy atom. The van der Waals surface area contributed by atoms with Crippen LogP contribution in [0.15, 0.2) is 36.4 Å². The van der Waals surface area contributed by atoms with Crippen molar-refractivity contribution in [1.82, 2.24) is 14.1 Å². The molecule has 28 heavy (non-hydrogen) atoms. The summed E-state index contributed by atoms with van der Waals surface area (Å²) in [5.41, 5.74) is 1.19. The number of amides is 1. The van der Waals surface area contributed by atoms with Gasteiger partial charge in [-0.15, -0.1) is 0 Å². The van der Waals surface area contributed by atoms with Crippen molar-refractivity contribution in [2.45, 2.75) is 19.8 Å². The molecule has 6 nitrogen and oxygen atoms in total. The van der Waals surface area contributed by atoms with Crippen molar-refractivity contribution in [3.05, 3.63) is 42.0 Å². The van der Waals surface area contributed by atoms with Crippen LogP contribution in [0.1, 0.15) is 25.3 Å². The average molecular weight is 406 g/mol. The van der Waals surface area contributed by atoms with Crippen LogP contribution < -0.4 is 0 Å². The predicted octanol–water partition coefficient (Wildman–Crippen LogP) is 1.91. The number of benzene rings is 1. The van der Waals surface area contributed by atoms with Crippen molar-refractivity contribution in [3.63, 3.8) is 0 Å². The lowest BCUT2D eigenvalue weighted by Gasteiger charge is -2.38. The van der Waals surface area contributed by atoms with Gasteiger partial charge in [-0.1, -0.05) is 42.5 Å². The molecule has 0 bridgehead atoms. The molecule has 0 N–H and O–H groups in total. The monoisotopic (exact) mass is 405 g/mol. The number of rotatable bonds is 6. The van der Waals surface area contributed by atoms with Gasteiger partial charge >= 0.3 is 0 Å². The fraction of sp³-hybridized carbons (Fsp3) is 0.571. The van der Waals surface area contributed by atoms with Gasteiger partial charge in [0.2, 0.25) is 15.9 Å². The topological polar surface area (TPSA) is 60.9 Å². The number of hydrogen-bond acceptors (Lipinski definition) is 4. The van der Waals surface area contributed by atoms with Crippen LogP contribution in [-0.2, 0) is 14.8 Å². The highest BCUT2D eigenvalue weighted by Gasteiger charge is 2.34. The molecular formula is C21H31N3O3S. The Labute approximate surface area is 168 Å². The molecule has 2 heterocycles. The lowest BCUT2D eigenvalue weighted by molar-refractivity contribution is -0.138. The third-order valence-electron chi connectivity index (χ3n) is 5.65. The number of hydrogen-bond donors (Lipinski definition) is 0. The number of carbonyl (C=O) groups excluding carboxylic acids is 1. The van der Waals surface area contributed by atoms with E-state index in [0.717, 1.165) is 45.6 Å². The van der Waals surface area contributed by atoms with Crippen LogP contribution in [0.25, 0.3) is 6.08 Å². The van der Waals surface area contributed by atoms with Crippen molar-refractivity contribution in [2.24, 2.45) is 5.92 Å². The third kappa shape index (κ3) is 5.43. The zero-order chi connectivity index (χ0) is 20.0. The van der Waals surface area contributed by atoms with Crippen LogP contribution in [0.2, 0.25) is 0 Å². The largest absolute Gasteiger partial charge is 0.340 e. The maximum atomic E-state index is 12.9. The summed E-state index contributed by atoms with van der Waals surface area (Å²) in [4.78, 5) is 17.2. The van der Waals surface area contributed by atoms with E-state index in [9.17, 15) is 13.2 Å². The molecule has 0 saturated carbocycles. The summed E-state index contributed by atoms with van der Waals surface area (Å²) in [6, 6.07) is 10.2. The van der Waals surface area contributed by atoms with Crippen LogP contribution in [0.3, 0.4) is 0 Å². The van der Waals surface area contributed by atoms with E-state index in [0.29, 0.717) is 13.1 Å². The highest BCUT2D eigenvalue weighted by molar-refractivity contribution is 7.89. The third-order valence-corrected chi connectivity index (χ3v) is 7.50. The summed E-state index contributed by atoms with van der Waals surface area (Å²) in [6.07, 6.45) is 5.85. The first-order valence-electron chi connectivity index (χ1n) is 10.2. The Balaban J connectivity index is 1.46. The quantitative estimate of drug-likeness (QED) is 0.725. The predicted molar refractivity (Wildman–Crippen MR) is 112 cm³/mol. The first-order valence-corrected chi connectivity index (χ1v) is 11.8. The van der Waals surface area contributed by atoms with Gasteiger partial charge in [0.1, 0.15) is 0 Å². The summed E-state index contributed by atoms with van der Waals surface area (Å²) < 4.78 is 25.8. The summed E-state index contributed by atoms with van der Waals surface area (Å²) in [6.45, 7) is 6.57. The summed E-state index contributed by atoms with van der Waals surface area (Å²) in [5, 5.41) is 0. The molecule has 0 aliphatic carbocycles. The molecule has 1 aromatic carbocycles. The smallest absolute Gasteiger partial charge is 0.227 e. The van der Waals surface area contributed by atoms with Gasteiger partial charge in [-0.2, -0.15) is 0 Å². The summed E-state index contributed by atoms with van der Waals surface area (Å²) >= 11 is 0. The van der Waals surface area contributed by atoms with E-state index in [2.05, 4.69) is 29.2 Å². The fourth-order valence-electron chi connectivity index (χ4n) is 3.89. The molecule has 7 heteroatoms. The highest BCUT2D eigenvalue weighted by atomic mass is 32.2. The lowest BCUT2D eigenvalue weighted by Crippen LogP contribution is -2.53. The number of carbonyl (C=O) groups is 1. The minimum absolute atomic E-state index is 0.100. The normalized spacial score (nSPS) is 22.6. The van der Waals surface area contributed by atoms with Crippen molar-refractivity contribution in [3.8, 4) is 0 Å². The van der Waals surface area contributed by atoms with Gasteiger partial charge in [0.15, 0.2) is 0 Å².